The standard InChI is InChI=1S/C12H13ClO4/c1-17-10-7(3-4-8(13)9(10)14)12(11(15)16)5-2-6-12/h3-4,14H,2,5-6H2,1H3,(H,15,16). The van der Waals surface area contributed by atoms with Crippen molar-refractivity contribution in [3.8, 4) is 11.5 Å². The van der Waals surface area contributed by atoms with Crippen molar-refractivity contribution in [3.05, 3.63) is 22.7 Å². The van der Waals surface area contributed by atoms with Gasteiger partial charge in [0.1, 0.15) is 0 Å². The number of hydrogen-bond acceptors (Lipinski definition) is 3. The van der Waals surface area contributed by atoms with Crippen LogP contribution in [0.1, 0.15) is 24.8 Å². The second-order valence-corrected chi connectivity index (χ2v) is 4.62. The first-order valence-electron chi connectivity index (χ1n) is 5.32. The molecule has 0 atom stereocenters. The van der Waals surface area contributed by atoms with Gasteiger partial charge in [0.2, 0.25) is 0 Å². The monoisotopic (exact) mass is 256 g/mol. The topological polar surface area (TPSA) is 66.8 Å². The van der Waals surface area contributed by atoms with Gasteiger partial charge >= 0.3 is 5.97 Å². The Labute approximate surface area is 104 Å². The first-order valence-corrected chi connectivity index (χ1v) is 5.70. The molecule has 0 amide bonds. The van der Waals surface area contributed by atoms with Gasteiger partial charge in [-0.15, -0.1) is 0 Å². The number of rotatable bonds is 3. The van der Waals surface area contributed by atoms with Crippen molar-refractivity contribution in [2.75, 3.05) is 7.11 Å². The van der Waals surface area contributed by atoms with Gasteiger partial charge in [0.25, 0.3) is 0 Å². The lowest BCUT2D eigenvalue weighted by atomic mass is 9.64. The molecule has 2 N–H and O–H groups in total. The summed E-state index contributed by atoms with van der Waals surface area (Å²) in [5.41, 5.74) is -0.436. The van der Waals surface area contributed by atoms with Crippen LogP contribution in [-0.2, 0) is 10.2 Å². The van der Waals surface area contributed by atoms with E-state index in [0.29, 0.717) is 18.4 Å². The maximum absolute atomic E-state index is 11.4. The molecule has 1 aliphatic rings. The summed E-state index contributed by atoms with van der Waals surface area (Å²) >= 11 is 5.78. The summed E-state index contributed by atoms with van der Waals surface area (Å²) in [6, 6.07) is 3.12. The Morgan fingerprint density at radius 2 is 2.12 bits per heavy atom. The molecule has 1 saturated carbocycles. The van der Waals surface area contributed by atoms with Gasteiger partial charge in [0.15, 0.2) is 11.5 Å². The van der Waals surface area contributed by atoms with Gasteiger partial charge in [-0.05, 0) is 18.9 Å². The fourth-order valence-electron chi connectivity index (χ4n) is 2.26. The SMILES string of the molecule is COc1c(C2(C(=O)O)CCC2)ccc(Cl)c1O. The van der Waals surface area contributed by atoms with E-state index in [9.17, 15) is 15.0 Å². The Bertz CT molecular complexity index is 466. The Morgan fingerprint density at radius 1 is 1.47 bits per heavy atom. The zero-order valence-electron chi connectivity index (χ0n) is 9.36. The minimum Gasteiger partial charge on any atom is -0.503 e. The van der Waals surface area contributed by atoms with Crippen LogP contribution in [0.15, 0.2) is 12.1 Å². The second-order valence-electron chi connectivity index (χ2n) is 4.22. The third-order valence-electron chi connectivity index (χ3n) is 3.42. The van der Waals surface area contributed by atoms with Crippen LogP contribution in [0.25, 0.3) is 0 Å². The van der Waals surface area contributed by atoms with Crippen molar-refractivity contribution < 1.29 is 19.7 Å². The predicted octanol–water partition coefficient (Wildman–Crippen LogP) is 2.56. The van der Waals surface area contributed by atoms with Crippen LogP contribution >= 0.6 is 11.6 Å². The Kier molecular flexibility index (Phi) is 2.91. The lowest BCUT2D eigenvalue weighted by Crippen LogP contribution is -2.42. The number of hydrogen-bond donors (Lipinski definition) is 2. The highest BCUT2D eigenvalue weighted by Gasteiger charge is 2.48. The summed E-state index contributed by atoms with van der Waals surface area (Å²) in [6.45, 7) is 0. The van der Waals surface area contributed by atoms with Gasteiger partial charge in [0.05, 0.1) is 17.5 Å². The molecule has 0 aromatic heterocycles. The number of aromatic hydroxyl groups is 1. The first kappa shape index (κ1) is 12.0. The summed E-state index contributed by atoms with van der Waals surface area (Å²) in [4.78, 5) is 11.4. The van der Waals surface area contributed by atoms with Gasteiger partial charge in [-0.25, -0.2) is 0 Å². The summed E-state index contributed by atoms with van der Waals surface area (Å²) in [5, 5.41) is 19.3. The zero-order chi connectivity index (χ0) is 12.6. The summed E-state index contributed by atoms with van der Waals surface area (Å²) in [5.74, 6) is -0.914. The largest absolute Gasteiger partial charge is 0.503 e. The van der Waals surface area contributed by atoms with E-state index in [1.807, 2.05) is 0 Å². The van der Waals surface area contributed by atoms with Gasteiger partial charge in [-0.2, -0.15) is 0 Å². The molecule has 1 aliphatic carbocycles. The molecule has 1 fully saturated rings. The summed E-state index contributed by atoms with van der Waals surface area (Å²) in [6.07, 6.45) is 1.97. The van der Waals surface area contributed by atoms with E-state index in [1.54, 1.807) is 6.07 Å². The summed E-state index contributed by atoms with van der Waals surface area (Å²) < 4.78 is 5.09. The molecular weight excluding hydrogens is 244 g/mol. The molecule has 0 spiro atoms. The maximum Gasteiger partial charge on any atom is 0.314 e. The van der Waals surface area contributed by atoms with Crippen LogP contribution in [-0.4, -0.2) is 23.3 Å². The molecule has 0 aliphatic heterocycles. The van der Waals surface area contributed by atoms with Crippen LogP contribution in [0, 0.1) is 0 Å². The molecule has 1 aromatic carbocycles. The zero-order valence-corrected chi connectivity index (χ0v) is 10.1. The normalized spacial score (nSPS) is 17.3. The number of benzene rings is 1. The van der Waals surface area contributed by atoms with Gasteiger partial charge in [-0.1, -0.05) is 24.1 Å². The molecule has 17 heavy (non-hydrogen) atoms. The molecule has 5 heteroatoms. The van der Waals surface area contributed by atoms with E-state index < -0.39 is 11.4 Å². The number of carbonyl (C=O) groups is 1. The molecule has 0 radical (unpaired) electrons. The highest BCUT2D eigenvalue weighted by Crippen LogP contribution is 2.50. The predicted molar refractivity (Wildman–Crippen MR) is 62.8 cm³/mol. The lowest BCUT2D eigenvalue weighted by Gasteiger charge is -2.38. The highest BCUT2D eigenvalue weighted by molar-refractivity contribution is 6.32. The third kappa shape index (κ3) is 1.63. The molecule has 4 nitrogen and oxygen atoms in total. The van der Waals surface area contributed by atoms with Crippen LogP contribution in [0.2, 0.25) is 5.02 Å². The number of aliphatic carboxylic acids is 1. The smallest absolute Gasteiger partial charge is 0.314 e. The lowest BCUT2D eigenvalue weighted by molar-refractivity contribution is -0.147. The van der Waals surface area contributed by atoms with Crippen molar-refractivity contribution in [2.45, 2.75) is 24.7 Å². The van der Waals surface area contributed by atoms with E-state index in [1.165, 1.54) is 13.2 Å². The van der Waals surface area contributed by atoms with Crippen molar-refractivity contribution in [2.24, 2.45) is 0 Å². The minimum absolute atomic E-state index is 0.158. The van der Waals surface area contributed by atoms with E-state index >= 15 is 0 Å². The van der Waals surface area contributed by atoms with Crippen LogP contribution < -0.4 is 4.74 Å². The molecule has 1 aromatic rings. The number of methoxy groups -OCH3 is 1. The molecule has 92 valence electrons. The number of ether oxygens (including phenoxy) is 1. The fraction of sp³-hybridized carbons (Fsp3) is 0.417. The van der Waals surface area contributed by atoms with E-state index in [4.69, 9.17) is 16.3 Å². The quantitative estimate of drug-likeness (QED) is 0.872. The van der Waals surface area contributed by atoms with Gasteiger partial charge < -0.3 is 14.9 Å². The molecule has 0 heterocycles. The van der Waals surface area contributed by atoms with E-state index in [0.717, 1.165) is 6.42 Å². The number of phenols is 1. The van der Waals surface area contributed by atoms with Crippen LogP contribution in [0.3, 0.4) is 0 Å². The minimum atomic E-state index is -0.937. The van der Waals surface area contributed by atoms with Crippen molar-refractivity contribution >= 4 is 17.6 Å². The molecule has 0 saturated heterocycles. The number of phenolic OH excluding ortho intramolecular Hbond substituents is 1. The molecular formula is C12H13ClO4. The Balaban J connectivity index is 2.59. The number of halogens is 1. The average Bonchev–Trinajstić information content (AvgIpc) is 2.21. The highest BCUT2D eigenvalue weighted by atomic mass is 35.5. The molecule has 0 bridgehead atoms. The van der Waals surface area contributed by atoms with E-state index in [-0.39, 0.29) is 16.5 Å². The second kappa shape index (κ2) is 4.11. The maximum atomic E-state index is 11.4. The van der Waals surface area contributed by atoms with Gasteiger partial charge in [-0.3, -0.25) is 4.79 Å². The number of carboxylic acids is 1. The van der Waals surface area contributed by atoms with Gasteiger partial charge in [0, 0.05) is 5.56 Å². The van der Waals surface area contributed by atoms with E-state index in [2.05, 4.69) is 0 Å². The van der Waals surface area contributed by atoms with Crippen LogP contribution in [0.5, 0.6) is 11.5 Å². The average molecular weight is 257 g/mol. The Hall–Kier alpha value is -1.42. The summed E-state index contributed by atoms with van der Waals surface area (Å²) in [7, 11) is 1.39. The molecule has 0 unspecified atom stereocenters. The Morgan fingerprint density at radius 3 is 2.53 bits per heavy atom. The van der Waals surface area contributed by atoms with Crippen LogP contribution in [0.4, 0.5) is 0 Å². The third-order valence-corrected chi connectivity index (χ3v) is 3.72. The van der Waals surface area contributed by atoms with Crippen molar-refractivity contribution in [3.63, 3.8) is 0 Å². The van der Waals surface area contributed by atoms with Crippen molar-refractivity contribution in [1.29, 1.82) is 0 Å². The van der Waals surface area contributed by atoms with Crippen molar-refractivity contribution in [1.82, 2.24) is 0 Å². The molecule has 2 rings (SSSR count). The fourth-order valence-corrected chi connectivity index (χ4v) is 2.41. The first-order chi connectivity index (χ1) is 8.03. The number of carboxylic acid groups (broad SMARTS) is 1.